The molecule has 0 aliphatic carbocycles. The van der Waals surface area contributed by atoms with Crippen molar-refractivity contribution in [2.24, 2.45) is 0 Å². The third kappa shape index (κ3) is 2.94. The summed E-state index contributed by atoms with van der Waals surface area (Å²) in [6, 6.07) is 0. The number of hydrogen-bond donors (Lipinski definition) is 0. The molecule has 0 bridgehead atoms. The summed E-state index contributed by atoms with van der Waals surface area (Å²) in [7, 11) is 0. The first kappa shape index (κ1) is 9.08. The molecule has 0 saturated carbocycles. The minimum Gasteiger partial charge on any atom is -0.227 e. The van der Waals surface area contributed by atoms with Crippen molar-refractivity contribution >= 4 is 15.9 Å². The van der Waals surface area contributed by atoms with Gasteiger partial charge in [-0.25, -0.2) is 8.78 Å². The topological polar surface area (TPSA) is 0 Å². The monoisotopic (exact) mass is 198 g/mol. The fraction of sp³-hybridized carbons (Fsp3) is 0.667. The Hall–Kier alpha value is 0.0800. The van der Waals surface area contributed by atoms with E-state index in [9.17, 15) is 8.78 Å². The van der Waals surface area contributed by atoms with Gasteiger partial charge in [0.15, 0.2) is 0 Å². The molecule has 0 heterocycles. The van der Waals surface area contributed by atoms with Crippen LogP contribution >= 0.6 is 15.9 Å². The highest BCUT2D eigenvalue weighted by atomic mass is 79.9. The van der Waals surface area contributed by atoms with Gasteiger partial charge in [-0.1, -0.05) is 6.92 Å². The molecule has 9 heavy (non-hydrogen) atoms. The van der Waals surface area contributed by atoms with Crippen molar-refractivity contribution in [1.82, 2.24) is 0 Å². The van der Waals surface area contributed by atoms with Gasteiger partial charge in [0.05, 0.1) is 0 Å². The van der Waals surface area contributed by atoms with Crippen LogP contribution in [-0.4, -0.2) is 5.08 Å². The van der Waals surface area contributed by atoms with Crippen LogP contribution in [0, 0.1) is 0 Å². The maximum Gasteiger partial charge on any atom is 0.205 e. The van der Waals surface area contributed by atoms with Crippen molar-refractivity contribution in [3.05, 3.63) is 11.4 Å². The number of alkyl halides is 2. The average molecular weight is 199 g/mol. The van der Waals surface area contributed by atoms with E-state index in [0.29, 0.717) is 12.0 Å². The van der Waals surface area contributed by atoms with Crippen molar-refractivity contribution in [1.29, 1.82) is 0 Å². The Morgan fingerprint density at radius 2 is 2.11 bits per heavy atom. The highest BCUT2D eigenvalue weighted by molar-refractivity contribution is 9.09. The first-order chi connectivity index (χ1) is 4.09. The molecule has 0 aromatic carbocycles. The molecule has 0 aromatic rings. The van der Waals surface area contributed by atoms with E-state index in [1.165, 1.54) is 0 Å². The second kappa shape index (κ2) is 3.99. The molecule has 0 aliphatic rings. The zero-order valence-electron chi connectivity index (χ0n) is 5.42. The summed E-state index contributed by atoms with van der Waals surface area (Å²) in [5.74, 6) is -0.697. The summed E-state index contributed by atoms with van der Waals surface area (Å²) >= 11 is 2.48. The van der Waals surface area contributed by atoms with E-state index in [-0.39, 0.29) is 0 Å². The average Bonchev–Trinajstić information content (AvgIpc) is 1.84. The summed E-state index contributed by atoms with van der Waals surface area (Å²) < 4.78 is 24.4. The van der Waals surface area contributed by atoms with E-state index in [1.54, 1.807) is 13.8 Å². The Balaban J connectivity index is 4.10. The lowest BCUT2D eigenvalue weighted by atomic mass is 10.2. The largest absolute Gasteiger partial charge is 0.227 e. The molecule has 0 nitrogen and oxygen atoms in total. The quantitative estimate of drug-likeness (QED) is 0.598. The summed E-state index contributed by atoms with van der Waals surface area (Å²) in [5.41, 5.74) is 0.458. The number of allylic oxidation sites excluding steroid dienone is 2. The molecule has 0 radical (unpaired) electrons. The highest BCUT2D eigenvalue weighted by Gasteiger charge is 2.09. The van der Waals surface area contributed by atoms with Gasteiger partial charge in [0, 0.05) is 0 Å². The predicted molar refractivity (Wildman–Crippen MR) is 37.9 cm³/mol. The zero-order chi connectivity index (χ0) is 7.44. The number of hydrogen-bond acceptors (Lipinski definition) is 0. The van der Waals surface area contributed by atoms with E-state index in [4.69, 9.17) is 0 Å². The van der Waals surface area contributed by atoms with Gasteiger partial charge in [-0.3, -0.25) is 0 Å². The lowest BCUT2D eigenvalue weighted by Gasteiger charge is -1.99. The van der Waals surface area contributed by atoms with E-state index < -0.39 is 10.9 Å². The molecule has 0 spiro atoms. The van der Waals surface area contributed by atoms with Gasteiger partial charge in [-0.05, 0) is 34.8 Å². The minimum absolute atomic E-state index is 0.458. The van der Waals surface area contributed by atoms with Gasteiger partial charge in [0.2, 0.25) is 5.08 Å². The molecule has 54 valence electrons. The highest BCUT2D eigenvalue weighted by Crippen LogP contribution is 2.20. The Morgan fingerprint density at radius 3 is 2.22 bits per heavy atom. The molecule has 0 amide bonds. The fourth-order valence-corrected chi connectivity index (χ4v) is 0.746. The van der Waals surface area contributed by atoms with Crippen molar-refractivity contribution in [3.63, 3.8) is 0 Å². The molecule has 0 saturated heterocycles. The predicted octanol–water partition coefficient (Wildman–Crippen LogP) is 3.33. The summed E-state index contributed by atoms with van der Waals surface area (Å²) in [6.07, 6.45) is 0.553. The van der Waals surface area contributed by atoms with Crippen molar-refractivity contribution in [2.75, 3.05) is 0 Å². The minimum atomic E-state index is -1.63. The standard InChI is InChI=1S/C6H9BrF2/c1-3-4(2)5(8)6(7)9/h6H,3H2,1-2H3. The van der Waals surface area contributed by atoms with Crippen LogP contribution in [0.15, 0.2) is 11.4 Å². The van der Waals surface area contributed by atoms with Gasteiger partial charge in [0.1, 0.15) is 5.83 Å². The molecular weight excluding hydrogens is 190 g/mol. The molecule has 0 fully saturated rings. The SMILES string of the molecule is CCC(C)=C(F)C(F)Br. The van der Waals surface area contributed by atoms with Crippen molar-refractivity contribution < 1.29 is 8.78 Å². The lowest BCUT2D eigenvalue weighted by molar-refractivity contribution is 0.424. The van der Waals surface area contributed by atoms with E-state index in [2.05, 4.69) is 15.9 Å². The number of rotatable bonds is 2. The Morgan fingerprint density at radius 1 is 1.67 bits per heavy atom. The summed E-state index contributed by atoms with van der Waals surface area (Å²) in [6.45, 7) is 3.35. The Kier molecular flexibility index (Phi) is 4.02. The van der Waals surface area contributed by atoms with E-state index >= 15 is 0 Å². The van der Waals surface area contributed by atoms with E-state index in [1.807, 2.05) is 0 Å². The fourth-order valence-electron chi connectivity index (χ4n) is 0.355. The van der Waals surface area contributed by atoms with Gasteiger partial charge in [-0.2, -0.15) is 0 Å². The van der Waals surface area contributed by atoms with Crippen LogP contribution in [0.4, 0.5) is 8.78 Å². The third-order valence-corrected chi connectivity index (χ3v) is 1.53. The maximum absolute atomic E-state index is 12.4. The molecule has 0 N–H and O–H groups in total. The molecule has 3 heteroatoms. The third-order valence-electron chi connectivity index (χ3n) is 1.13. The number of halogens is 3. The van der Waals surface area contributed by atoms with Crippen LogP contribution in [0.2, 0.25) is 0 Å². The molecule has 0 rings (SSSR count). The summed E-state index contributed by atoms with van der Waals surface area (Å²) in [4.78, 5) is 0. The van der Waals surface area contributed by atoms with Gasteiger partial charge < -0.3 is 0 Å². The van der Waals surface area contributed by atoms with Gasteiger partial charge >= 0.3 is 0 Å². The van der Waals surface area contributed by atoms with Crippen LogP contribution in [-0.2, 0) is 0 Å². The second-order valence-corrected chi connectivity index (χ2v) is 2.59. The van der Waals surface area contributed by atoms with Gasteiger partial charge in [-0.15, -0.1) is 0 Å². The first-order valence-corrected chi connectivity index (χ1v) is 3.64. The van der Waals surface area contributed by atoms with Crippen LogP contribution in [0.3, 0.4) is 0 Å². The second-order valence-electron chi connectivity index (χ2n) is 1.78. The van der Waals surface area contributed by atoms with E-state index in [0.717, 1.165) is 0 Å². The molecule has 1 unspecified atom stereocenters. The Labute approximate surface area is 62.1 Å². The van der Waals surface area contributed by atoms with Crippen molar-refractivity contribution in [2.45, 2.75) is 25.3 Å². The maximum atomic E-state index is 12.4. The first-order valence-electron chi connectivity index (χ1n) is 2.72. The van der Waals surface area contributed by atoms with Crippen molar-refractivity contribution in [3.8, 4) is 0 Å². The van der Waals surface area contributed by atoms with Gasteiger partial charge in [0.25, 0.3) is 0 Å². The Bertz CT molecular complexity index is 118. The van der Waals surface area contributed by atoms with Crippen LogP contribution in [0.1, 0.15) is 20.3 Å². The zero-order valence-corrected chi connectivity index (χ0v) is 7.00. The molecule has 1 atom stereocenters. The van der Waals surface area contributed by atoms with Crippen LogP contribution < -0.4 is 0 Å². The molecule has 0 aromatic heterocycles. The van der Waals surface area contributed by atoms with Crippen LogP contribution in [0.25, 0.3) is 0 Å². The van der Waals surface area contributed by atoms with Crippen LogP contribution in [0.5, 0.6) is 0 Å². The lowest BCUT2D eigenvalue weighted by Crippen LogP contribution is -1.91. The molecule has 0 aliphatic heterocycles. The smallest absolute Gasteiger partial charge is 0.205 e. The normalized spacial score (nSPS) is 17.0. The summed E-state index contributed by atoms with van der Waals surface area (Å²) in [5, 5.41) is -1.63. The molecular formula is C6H9BrF2.